The summed E-state index contributed by atoms with van der Waals surface area (Å²) in [5.41, 5.74) is 0. The Hall–Kier alpha value is -0.560. The second kappa shape index (κ2) is 13.5. The Bertz CT molecular complexity index is 194. The summed E-state index contributed by atoms with van der Waals surface area (Å²) >= 11 is 0. The van der Waals surface area contributed by atoms with Gasteiger partial charge in [-0.2, -0.15) is 0 Å². The first-order chi connectivity index (χ1) is 8.31. The van der Waals surface area contributed by atoms with Gasteiger partial charge < -0.3 is 5.11 Å². The molecule has 0 saturated heterocycles. The van der Waals surface area contributed by atoms with E-state index in [-0.39, 0.29) is 6.10 Å². The van der Waals surface area contributed by atoms with Gasteiger partial charge in [0.25, 0.3) is 0 Å². The van der Waals surface area contributed by atoms with E-state index in [1.807, 2.05) is 12.2 Å². The second-order valence-corrected chi connectivity index (χ2v) is 4.73. The lowest BCUT2D eigenvalue weighted by Crippen LogP contribution is -2.00. The van der Waals surface area contributed by atoms with Gasteiger partial charge in [-0.05, 0) is 19.3 Å². The van der Waals surface area contributed by atoms with Gasteiger partial charge in [0.15, 0.2) is 0 Å². The summed E-state index contributed by atoms with van der Waals surface area (Å²) < 4.78 is 0. The number of aliphatic hydroxyl groups is 1. The molecule has 0 fully saturated rings. The van der Waals surface area contributed by atoms with Crippen LogP contribution < -0.4 is 0 Å². The van der Waals surface area contributed by atoms with Crippen molar-refractivity contribution in [2.75, 3.05) is 0 Å². The minimum absolute atomic E-state index is 0.258. The molecule has 1 heteroatoms. The van der Waals surface area contributed by atoms with Crippen LogP contribution in [0.3, 0.4) is 0 Å². The lowest BCUT2D eigenvalue weighted by atomic mass is 10.1. The quantitative estimate of drug-likeness (QED) is 0.396. The van der Waals surface area contributed by atoms with Crippen molar-refractivity contribution in [1.29, 1.82) is 0 Å². The molecule has 0 aliphatic rings. The van der Waals surface area contributed by atoms with E-state index in [1.54, 1.807) is 0 Å². The molecule has 0 rings (SSSR count). The van der Waals surface area contributed by atoms with Gasteiger partial charge in [-0.1, -0.05) is 76.7 Å². The molecule has 0 aliphatic carbocycles. The van der Waals surface area contributed by atoms with Crippen LogP contribution in [0.4, 0.5) is 0 Å². The van der Waals surface area contributed by atoms with E-state index in [2.05, 4.69) is 26.0 Å². The highest BCUT2D eigenvalue weighted by Crippen LogP contribution is 2.05. The minimum atomic E-state index is -0.258. The summed E-state index contributed by atoms with van der Waals surface area (Å²) in [5.74, 6) is 0. The topological polar surface area (TPSA) is 20.2 Å². The van der Waals surface area contributed by atoms with Gasteiger partial charge in [-0.3, -0.25) is 0 Å². The van der Waals surface area contributed by atoms with Crippen molar-refractivity contribution in [2.45, 2.75) is 77.7 Å². The van der Waals surface area contributed by atoms with Crippen molar-refractivity contribution < 1.29 is 5.11 Å². The molecule has 0 aromatic carbocycles. The smallest absolute Gasteiger partial charge is 0.0723 e. The zero-order valence-corrected chi connectivity index (χ0v) is 11.7. The van der Waals surface area contributed by atoms with E-state index in [1.165, 1.54) is 38.5 Å². The van der Waals surface area contributed by atoms with Gasteiger partial charge >= 0.3 is 0 Å². The molecule has 17 heavy (non-hydrogen) atoms. The zero-order valence-electron chi connectivity index (χ0n) is 11.7. The predicted molar refractivity (Wildman–Crippen MR) is 77.2 cm³/mol. The Kier molecular flexibility index (Phi) is 13.1. The van der Waals surface area contributed by atoms with Crippen LogP contribution >= 0.6 is 0 Å². The molecular formula is C16H30O. The molecule has 100 valence electrons. The van der Waals surface area contributed by atoms with Gasteiger partial charge in [-0.15, -0.1) is 0 Å². The SMILES string of the molecule is CCCCCC/C=C/C=C/C(O)CCCCC. The highest BCUT2D eigenvalue weighted by molar-refractivity contribution is 5.04. The van der Waals surface area contributed by atoms with E-state index in [0.717, 1.165) is 19.3 Å². The van der Waals surface area contributed by atoms with Crippen molar-refractivity contribution in [3.05, 3.63) is 24.3 Å². The molecule has 0 aromatic rings. The predicted octanol–water partition coefficient (Wildman–Crippen LogP) is 5.01. The first kappa shape index (κ1) is 16.4. The standard InChI is InChI=1S/C16H30O/c1-3-5-7-8-9-10-11-13-15-16(17)14-12-6-4-2/h10-11,13,15-17H,3-9,12,14H2,1-2H3/b11-10+,15-13+. The fourth-order valence-electron chi connectivity index (χ4n) is 1.76. The van der Waals surface area contributed by atoms with Crippen molar-refractivity contribution >= 4 is 0 Å². The molecule has 1 nitrogen and oxygen atoms in total. The number of rotatable bonds is 11. The van der Waals surface area contributed by atoms with Crippen LogP contribution in [0.15, 0.2) is 24.3 Å². The van der Waals surface area contributed by atoms with Gasteiger partial charge in [0, 0.05) is 0 Å². The van der Waals surface area contributed by atoms with Crippen molar-refractivity contribution in [3.8, 4) is 0 Å². The molecule has 0 bridgehead atoms. The minimum Gasteiger partial charge on any atom is -0.389 e. The number of hydrogen-bond acceptors (Lipinski definition) is 1. The van der Waals surface area contributed by atoms with Gasteiger partial charge in [0.2, 0.25) is 0 Å². The molecule has 0 amide bonds. The summed E-state index contributed by atoms with van der Waals surface area (Å²) in [7, 11) is 0. The van der Waals surface area contributed by atoms with E-state index >= 15 is 0 Å². The van der Waals surface area contributed by atoms with E-state index in [9.17, 15) is 5.11 Å². The summed E-state index contributed by atoms with van der Waals surface area (Å²) in [6, 6.07) is 0. The Labute approximate surface area is 108 Å². The molecule has 0 saturated carbocycles. The number of aliphatic hydroxyl groups excluding tert-OH is 1. The highest BCUT2D eigenvalue weighted by Gasteiger charge is 1.96. The van der Waals surface area contributed by atoms with Crippen molar-refractivity contribution in [2.24, 2.45) is 0 Å². The maximum absolute atomic E-state index is 9.63. The third-order valence-electron chi connectivity index (χ3n) is 2.91. The summed E-state index contributed by atoms with van der Waals surface area (Å²) in [6.45, 7) is 4.42. The van der Waals surface area contributed by atoms with E-state index < -0.39 is 0 Å². The molecule has 0 radical (unpaired) electrons. The zero-order chi connectivity index (χ0) is 12.8. The second-order valence-electron chi connectivity index (χ2n) is 4.73. The van der Waals surface area contributed by atoms with Crippen LogP contribution in [0.25, 0.3) is 0 Å². The van der Waals surface area contributed by atoms with Gasteiger partial charge in [0.05, 0.1) is 6.10 Å². The third kappa shape index (κ3) is 13.4. The van der Waals surface area contributed by atoms with E-state index in [4.69, 9.17) is 0 Å². The van der Waals surface area contributed by atoms with Gasteiger partial charge in [0.1, 0.15) is 0 Å². The Morgan fingerprint density at radius 1 is 0.882 bits per heavy atom. The number of unbranched alkanes of at least 4 members (excludes halogenated alkanes) is 6. The highest BCUT2D eigenvalue weighted by atomic mass is 16.3. The van der Waals surface area contributed by atoms with Crippen LogP contribution in [0, 0.1) is 0 Å². The van der Waals surface area contributed by atoms with Crippen LogP contribution in [-0.4, -0.2) is 11.2 Å². The van der Waals surface area contributed by atoms with Crippen LogP contribution in [0.5, 0.6) is 0 Å². The molecule has 0 aliphatic heterocycles. The van der Waals surface area contributed by atoms with Crippen LogP contribution in [0.1, 0.15) is 71.6 Å². The Morgan fingerprint density at radius 3 is 2.29 bits per heavy atom. The monoisotopic (exact) mass is 238 g/mol. The van der Waals surface area contributed by atoms with Crippen LogP contribution in [0.2, 0.25) is 0 Å². The molecule has 0 aromatic heterocycles. The molecular weight excluding hydrogens is 208 g/mol. The largest absolute Gasteiger partial charge is 0.389 e. The maximum atomic E-state index is 9.63. The molecule has 1 N–H and O–H groups in total. The normalized spacial score (nSPS) is 13.8. The third-order valence-corrected chi connectivity index (χ3v) is 2.91. The van der Waals surface area contributed by atoms with E-state index in [0.29, 0.717) is 0 Å². The molecule has 0 heterocycles. The Balaban J connectivity index is 3.40. The molecule has 0 spiro atoms. The lowest BCUT2D eigenvalue weighted by molar-refractivity contribution is 0.208. The Morgan fingerprint density at radius 2 is 1.59 bits per heavy atom. The summed E-state index contributed by atoms with van der Waals surface area (Å²) in [4.78, 5) is 0. The fourth-order valence-corrected chi connectivity index (χ4v) is 1.76. The summed E-state index contributed by atoms with van der Waals surface area (Å²) in [5, 5.41) is 9.63. The average Bonchev–Trinajstić information content (AvgIpc) is 2.33. The maximum Gasteiger partial charge on any atom is 0.0723 e. The average molecular weight is 238 g/mol. The van der Waals surface area contributed by atoms with Crippen molar-refractivity contribution in [1.82, 2.24) is 0 Å². The van der Waals surface area contributed by atoms with Crippen molar-refractivity contribution in [3.63, 3.8) is 0 Å². The van der Waals surface area contributed by atoms with Gasteiger partial charge in [-0.25, -0.2) is 0 Å². The fraction of sp³-hybridized carbons (Fsp3) is 0.750. The first-order valence-corrected chi connectivity index (χ1v) is 7.32. The van der Waals surface area contributed by atoms with Crippen LogP contribution in [-0.2, 0) is 0 Å². The number of allylic oxidation sites excluding steroid dienone is 3. The first-order valence-electron chi connectivity index (χ1n) is 7.32. The summed E-state index contributed by atoms with van der Waals surface area (Å²) in [6.07, 6.45) is 18.8. The number of hydrogen-bond donors (Lipinski definition) is 1. The molecule has 1 unspecified atom stereocenters. The molecule has 1 atom stereocenters. The lowest BCUT2D eigenvalue weighted by Gasteiger charge is -2.03.